The van der Waals surface area contributed by atoms with Crippen molar-refractivity contribution in [2.75, 3.05) is 0 Å². The highest BCUT2D eigenvalue weighted by Gasteiger charge is 2.85. The van der Waals surface area contributed by atoms with Crippen molar-refractivity contribution in [2.45, 2.75) is 55.3 Å². The minimum absolute atomic E-state index is 0.185. The van der Waals surface area contributed by atoms with Crippen molar-refractivity contribution in [2.24, 2.45) is 5.16 Å². The summed E-state index contributed by atoms with van der Waals surface area (Å²) in [7, 11) is 0. The maximum atomic E-state index is 13.8. The molecule has 33 heavy (non-hydrogen) atoms. The molecule has 0 aromatic rings. The molecule has 2 atom stereocenters. The zero-order chi connectivity index (χ0) is 27.1. The molecule has 0 amide bonds. The molecule has 0 radical (unpaired) electrons. The van der Waals surface area contributed by atoms with Gasteiger partial charge in [-0.2, -0.15) is 74.6 Å². The van der Waals surface area contributed by atoms with Gasteiger partial charge in [0.25, 0.3) is 0 Å². The van der Waals surface area contributed by atoms with E-state index in [0.717, 1.165) is 0 Å². The molecular formula is C11H4F17NO4. The minimum Gasteiger partial charge on any atom is -0.312 e. The first-order valence-electron chi connectivity index (χ1n) is 6.96. The topological polar surface area (TPSA) is 57.1 Å². The molecule has 0 aromatic carbocycles. The van der Waals surface area contributed by atoms with Crippen LogP contribution in [0.15, 0.2) is 5.16 Å². The SMILES string of the molecule is C/C=N/OC(=O)[C@@](F)(OC(F)(F)[C@@](F)(OC(F)(F)C(F)(F)C(F)(F)F)C(F)(F)F)C(F)(F)F. The highest BCUT2D eigenvalue weighted by Crippen LogP contribution is 2.56. The maximum Gasteiger partial charge on any atom is 0.462 e. The standard InChI is InChI=1S/C11H4F17NO4/c1-2-29-31-3(30)4(12,7(16,17)18)32-11(27,28)6(15,9(22,23)24)33-10(25,26)5(13,14)8(19,20)21/h2H,1H3/b29-2+/t4-,6+/m1/s1. The summed E-state index contributed by atoms with van der Waals surface area (Å²) in [5.74, 6) is -26.7. The van der Waals surface area contributed by atoms with Gasteiger partial charge in [0.15, 0.2) is 0 Å². The second-order valence-corrected chi connectivity index (χ2v) is 5.24. The normalized spacial score (nSPS) is 18.7. The van der Waals surface area contributed by atoms with E-state index in [1.165, 1.54) is 4.74 Å². The summed E-state index contributed by atoms with van der Waals surface area (Å²) in [5, 5.41) is 2.08. The lowest BCUT2D eigenvalue weighted by molar-refractivity contribution is -0.548. The fourth-order valence-electron chi connectivity index (χ4n) is 1.30. The lowest BCUT2D eigenvalue weighted by Gasteiger charge is -2.39. The van der Waals surface area contributed by atoms with Crippen molar-refractivity contribution in [3.8, 4) is 0 Å². The van der Waals surface area contributed by atoms with Gasteiger partial charge in [-0.25, -0.2) is 4.79 Å². The Morgan fingerprint density at radius 1 is 0.636 bits per heavy atom. The largest absolute Gasteiger partial charge is 0.462 e. The third-order valence-electron chi connectivity index (χ3n) is 2.87. The first kappa shape index (κ1) is 30.9. The van der Waals surface area contributed by atoms with Crippen LogP contribution in [0.1, 0.15) is 6.92 Å². The molecular weight excluding hydrogens is 533 g/mol. The molecule has 0 aromatic heterocycles. The van der Waals surface area contributed by atoms with Crippen LogP contribution in [0.2, 0.25) is 0 Å². The van der Waals surface area contributed by atoms with Gasteiger partial charge < -0.3 is 4.84 Å². The average Bonchev–Trinajstić information content (AvgIpc) is 2.55. The van der Waals surface area contributed by atoms with Gasteiger partial charge in [-0.3, -0.25) is 9.47 Å². The zero-order valence-electron chi connectivity index (χ0n) is 14.6. The second kappa shape index (κ2) is 8.58. The number of nitrogens with zero attached hydrogens (tertiary/aromatic N) is 1. The Hall–Kier alpha value is -2.13. The molecule has 0 spiro atoms. The monoisotopic (exact) mass is 537 g/mol. The van der Waals surface area contributed by atoms with Gasteiger partial charge in [-0.1, -0.05) is 5.16 Å². The van der Waals surface area contributed by atoms with Crippen LogP contribution in [0.5, 0.6) is 0 Å². The summed E-state index contributed by atoms with van der Waals surface area (Å²) in [5.41, 5.74) is 0. The van der Waals surface area contributed by atoms with E-state index in [0.29, 0.717) is 6.92 Å². The number of carbonyl (C=O) groups is 1. The van der Waals surface area contributed by atoms with E-state index in [2.05, 4.69) is 9.99 Å². The maximum absolute atomic E-state index is 13.8. The smallest absolute Gasteiger partial charge is 0.312 e. The third kappa shape index (κ3) is 5.51. The molecule has 0 saturated heterocycles. The molecule has 0 heterocycles. The Bertz CT molecular complexity index is 741. The van der Waals surface area contributed by atoms with E-state index in [1.54, 1.807) is 4.74 Å². The van der Waals surface area contributed by atoms with Crippen LogP contribution in [-0.4, -0.2) is 60.6 Å². The van der Waals surface area contributed by atoms with E-state index in [4.69, 9.17) is 0 Å². The Morgan fingerprint density at radius 2 is 1.06 bits per heavy atom. The van der Waals surface area contributed by atoms with Gasteiger partial charge in [0.1, 0.15) is 0 Å². The predicted molar refractivity (Wildman–Crippen MR) is 63.1 cm³/mol. The molecule has 5 nitrogen and oxygen atoms in total. The van der Waals surface area contributed by atoms with Gasteiger partial charge in [-0.15, -0.1) is 0 Å². The van der Waals surface area contributed by atoms with Gasteiger partial charge >= 0.3 is 54.3 Å². The van der Waals surface area contributed by atoms with Crippen molar-refractivity contribution in [1.82, 2.24) is 0 Å². The molecule has 0 aliphatic rings. The van der Waals surface area contributed by atoms with Gasteiger partial charge in [0, 0.05) is 6.21 Å². The molecule has 0 saturated carbocycles. The van der Waals surface area contributed by atoms with E-state index in [9.17, 15) is 79.4 Å². The van der Waals surface area contributed by atoms with Gasteiger partial charge in [0.2, 0.25) is 0 Å². The van der Waals surface area contributed by atoms with Crippen molar-refractivity contribution < 1.29 is 93.7 Å². The molecule has 0 aliphatic carbocycles. The summed E-state index contributed by atoms with van der Waals surface area (Å²) in [6.45, 7) is 0.698. The average molecular weight is 537 g/mol. The summed E-state index contributed by atoms with van der Waals surface area (Å²) in [6.07, 6.45) is -38.5. The van der Waals surface area contributed by atoms with Crippen LogP contribution in [-0.2, 0) is 19.1 Å². The zero-order valence-corrected chi connectivity index (χ0v) is 14.6. The molecule has 0 fully saturated rings. The number of ether oxygens (including phenoxy) is 2. The number of hydrogen-bond acceptors (Lipinski definition) is 5. The lowest BCUT2D eigenvalue weighted by atomic mass is 10.2. The highest BCUT2D eigenvalue weighted by molar-refractivity contribution is 5.79. The molecule has 0 bridgehead atoms. The third-order valence-corrected chi connectivity index (χ3v) is 2.87. The second-order valence-electron chi connectivity index (χ2n) is 5.24. The molecule has 0 rings (SSSR count). The van der Waals surface area contributed by atoms with Gasteiger partial charge in [0.05, 0.1) is 0 Å². The van der Waals surface area contributed by atoms with Crippen LogP contribution in [0.25, 0.3) is 0 Å². The van der Waals surface area contributed by atoms with Crippen molar-refractivity contribution in [3.63, 3.8) is 0 Å². The summed E-state index contributed by atoms with van der Waals surface area (Å²) in [6, 6.07) is 0. The summed E-state index contributed by atoms with van der Waals surface area (Å²) in [4.78, 5) is 13.9. The van der Waals surface area contributed by atoms with E-state index >= 15 is 0 Å². The summed E-state index contributed by atoms with van der Waals surface area (Å²) < 4.78 is 221. The van der Waals surface area contributed by atoms with Crippen LogP contribution in [0.4, 0.5) is 74.6 Å². The molecule has 22 heteroatoms. The number of hydrogen-bond donors (Lipinski definition) is 0. The quantitative estimate of drug-likeness (QED) is 0.180. The Kier molecular flexibility index (Phi) is 8.03. The fourth-order valence-corrected chi connectivity index (χ4v) is 1.30. The minimum atomic E-state index is -8.07. The van der Waals surface area contributed by atoms with Crippen LogP contribution in [0.3, 0.4) is 0 Å². The lowest BCUT2D eigenvalue weighted by Crippen LogP contribution is -2.68. The first-order valence-corrected chi connectivity index (χ1v) is 6.96. The predicted octanol–water partition coefficient (Wildman–Crippen LogP) is 5.41. The molecule has 0 aliphatic heterocycles. The Labute approximate surface area is 168 Å². The van der Waals surface area contributed by atoms with Crippen LogP contribution in [0, 0.1) is 0 Å². The van der Waals surface area contributed by atoms with Gasteiger partial charge in [-0.05, 0) is 6.92 Å². The number of alkyl halides is 17. The molecule has 196 valence electrons. The van der Waals surface area contributed by atoms with E-state index in [1.807, 2.05) is 0 Å². The number of halogens is 17. The molecule has 0 N–H and O–H groups in total. The van der Waals surface area contributed by atoms with Crippen molar-refractivity contribution in [1.29, 1.82) is 0 Å². The van der Waals surface area contributed by atoms with Crippen LogP contribution >= 0.6 is 0 Å². The first-order chi connectivity index (χ1) is 14.1. The van der Waals surface area contributed by atoms with Crippen molar-refractivity contribution in [3.05, 3.63) is 0 Å². The molecule has 0 unspecified atom stereocenters. The highest BCUT2D eigenvalue weighted by atomic mass is 19.4. The Morgan fingerprint density at radius 3 is 1.36 bits per heavy atom. The number of oxime groups is 1. The number of rotatable bonds is 8. The van der Waals surface area contributed by atoms with E-state index in [-0.39, 0.29) is 6.21 Å². The fraction of sp³-hybridized carbons (Fsp3) is 0.818. The summed E-state index contributed by atoms with van der Waals surface area (Å²) >= 11 is 0. The number of carbonyl (C=O) groups excluding carboxylic acids is 1. The van der Waals surface area contributed by atoms with Crippen LogP contribution < -0.4 is 0 Å². The van der Waals surface area contributed by atoms with E-state index < -0.39 is 54.3 Å². The Balaban J connectivity index is 6.73. The van der Waals surface area contributed by atoms with Crippen molar-refractivity contribution >= 4 is 12.2 Å².